The minimum absolute atomic E-state index is 0.0558. The van der Waals surface area contributed by atoms with Crippen LogP contribution in [0.1, 0.15) is 16.8 Å². The molecule has 0 atom stereocenters. The van der Waals surface area contributed by atoms with E-state index in [0.717, 1.165) is 29.8 Å². The van der Waals surface area contributed by atoms with Crippen molar-refractivity contribution in [2.24, 2.45) is 0 Å². The molecular formula is C9H11NO2. The fourth-order valence-electron chi connectivity index (χ4n) is 1.38. The lowest BCUT2D eigenvalue weighted by atomic mass is 10.1. The first-order valence-electron chi connectivity index (χ1n) is 4.05. The molecule has 0 radical (unpaired) electrons. The summed E-state index contributed by atoms with van der Waals surface area (Å²) in [6.45, 7) is 1.45. The SMILES string of the molecule is OCc1cnc2c(c1)COCC2. The third kappa shape index (κ3) is 1.33. The van der Waals surface area contributed by atoms with Crippen molar-refractivity contribution in [3.05, 3.63) is 29.1 Å². The van der Waals surface area contributed by atoms with E-state index in [-0.39, 0.29) is 6.61 Å². The van der Waals surface area contributed by atoms with Gasteiger partial charge in [0.05, 0.1) is 19.8 Å². The predicted octanol–water partition coefficient (Wildman–Crippen LogP) is 0.647. The second-order valence-corrected chi connectivity index (χ2v) is 2.91. The van der Waals surface area contributed by atoms with Crippen LogP contribution in [0.5, 0.6) is 0 Å². The number of pyridine rings is 1. The van der Waals surface area contributed by atoms with E-state index in [1.807, 2.05) is 6.07 Å². The molecule has 0 aliphatic carbocycles. The molecule has 0 bridgehead atoms. The molecule has 64 valence electrons. The number of aromatic nitrogens is 1. The molecule has 0 amide bonds. The number of nitrogens with zero attached hydrogens (tertiary/aromatic N) is 1. The molecule has 0 unspecified atom stereocenters. The molecule has 3 heteroatoms. The maximum Gasteiger partial charge on any atom is 0.0734 e. The Kier molecular flexibility index (Phi) is 2.06. The number of hydrogen-bond acceptors (Lipinski definition) is 3. The summed E-state index contributed by atoms with van der Waals surface area (Å²) in [6.07, 6.45) is 2.62. The Bertz CT molecular complexity index is 286. The highest BCUT2D eigenvalue weighted by Crippen LogP contribution is 2.15. The van der Waals surface area contributed by atoms with Crippen molar-refractivity contribution >= 4 is 0 Å². The molecule has 0 spiro atoms. The Hall–Kier alpha value is -0.930. The maximum atomic E-state index is 8.86. The number of aliphatic hydroxyl groups excluding tert-OH is 1. The van der Waals surface area contributed by atoms with Crippen molar-refractivity contribution in [2.45, 2.75) is 19.6 Å². The monoisotopic (exact) mass is 165 g/mol. The van der Waals surface area contributed by atoms with Gasteiger partial charge in [0.2, 0.25) is 0 Å². The topological polar surface area (TPSA) is 42.4 Å². The van der Waals surface area contributed by atoms with Crippen LogP contribution in [0.3, 0.4) is 0 Å². The van der Waals surface area contributed by atoms with Gasteiger partial charge in [-0.3, -0.25) is 4.98 Å². The van der Waals surface area contributed by atoms with Crippen LogP contribution in [0.2, 0.25) is 0 Å². The second-order valence-electron chi connectivity index (χ2n) is 2.91. The van der Waals surface area contributed by atoms with Gasteiger partial charge in [-0.25, -0.2) is 0 Å². The summed E-state index contributed by atoms with van der Waals surface area (Å²) < 4.78 is 5.27. The van der Waals surface area contributed by atoms with E-state index in [4.69, 9.17) is 9.84 Å². The lowest BCUT2D eigenvalue weighted by Crippen LogP contribution is -2.12. The zero-order valence-corrected chi connectivity index (χ0v) is 6.79. The van der Waals surface area contributed by atoms with E-state index in [2.05, 4.69) is 4.98 Å². The third-order valence-corrected chi connectivity index (χ3v) is 2.04. The normalized spacial score (nSPS) is 15.8. The highest BCUT2D eigenvalue weighted by atomic mass is 16.5. The van der Waals surface area contributed by atoms with Crippen molar-refractivity contribution in [1.82, 2.24) is 4.98 Å². The average molecular weight is 165 g/mol. The summed E-state index contributed by atoms with van der Waals surface area (Å²) in [5.41, 5.74) is 3.09. The lowest BCUT2D eigenvalue weighted by Gasteiger charge is -2.15. The van der Waals surface area contributed by atoms with E-state index in [9.17, 15) is 0 Å². The van der Waals surface area contributed by atoms with Crippen molar-refractivity contribution in [1.29, 1.82) is 0 Å². The Balaban J connectivity index is 2.36. The largest absolute Gasteiger partial charge is 0.392 e. The highest BCUT2D eigenvalue weighted by molar-refractivity contribution is 5.25. The fourth-order valence-corrected chi connectivity index (χ4v) is 1.38. The maximum absolute atomic E-state index is 8.86. The highest BCUT2D eigenvalue weighted by Gasteiger charge is 2.10. The zero-order chi connectivity index (χ0) is 8.39. The summed E-state index contributed by atoms with van der Waals surface area (Å²) in [4.78, 5) is 4.25. The van der Waals surface area contributed by atoms with Crippen LogP contribution in [0.15, 0.2) is 12.3 Å². The van der Waals surface area contributed by atoms with Crippen LogP contribution in [-0.4, -0.2) is 16.7 Å². The van der Waals surface area contributed by atoms with E-state index < -0.39 is 0 Å². The molecule has 0 saturated carbocycles. The molecule has 1 aliphatic heterocycles. The van der Waals surface area contributed by atoms with Crippen LogP contribution in [0, 0.1) is 0 Å². The zero-order valence-electron chi connectivity index (χ0n) is 6.79. The molecule has 1 aromatic heterocycles. The average Bonchev–Trinajstić information content (AvgIpc) is 2.17. The Morgan fingerprint density at radius 2 is 2.50 bits per heavy atom. The number of aliphatic hydroxyl groups is 1. The van der Waals surface area contributed by atoms with Gasteiger partial charge in [-0.15, -0.1) is 0 Å². The van der Waals surface area contributed by atoms with E-state index in [1.54, 1.807) is 6.20 Å². The van der Waals surface area contributed by atoms with Crippen LogP contribution >= 0.6 is 0 Å². The summed E-state index contributed by atoms with van der Waals surface area (Å²) in [5.74, 6) is 0. The van der Waals surface area contributed by atoms with Crippen LogP contribution < -0.4 is 0 Å². The molecule has 0 saturated heterocycles. The second kappa shape index (κ2) is 3.21. The standard InChI is InChI=1S/C9H11NO2/c11-5-7-3-8-6-12-2-1-9(8)10-4-7/h3-4,11H,1-2,5-6H2. The van der Waals surface area contributed by atoms with Gasteiger partial charge >= 0.3 is 0 Å². The first-order chi connectivity index (χ1) is 5.90. The quantitative estimate of drug-likeness (QED) is 0.664. The molecule has 3 nitrogen and oxygen atoms in total. The number of hydrogen-bond donors (Lipinski definition) is 1. The predicted molar refractivity (Wildman–Crippen MR) is 43.5 cm³/mol. The molecular weight excluding hydrogens is 154 g/mol. The first-order valence-corrected chi connectivity index (χ1v) is 4.05. The van der Waals surface area contributed by atoms with Crippen molar-refractivity contribution in [3.8, 4) is 0 Å². The van der Waals surface area contributed by atoms with Gasteiger partial charge in [0.1, 0.15) is 0 Å². The fraction of sp³-hybridized carbons (Fsp3) is 0.444. The number of rotatable bonds is 1. The first kappa shape index (κ1) is 7.71. The van der Waals surface area contributed by atoms with Gasteiger partial charge in [-0.1, -0.05) is 0 Å². The minimum Gasteiger partial charge on any atom is -0.392 e. The molecule has 2 heterocycles. The summed E-state index contributed by atoms with van der Waals surface area (Å²) >= 11 is 0. The van der Waals surface area contributed by atoms with Crippen LogP contribution in [0.4, 0.5) is 0 Å². The smallest absolute Gasteiger partial charge is 0.0734 e. The van der Waals surface area contributed by atoms with Gasteiger partial charge in [-0.2, -0.15) is 0 Å². The summed E-state index contributed by atoms with van der Waals surface area (Å²) in [6, 6.07) is 1.96. The Morgan fingerprint density at radius 1 is 1.58 bits per heavy atom. The molecule has 0 aromatic carbocycles. The molecule has 1 aromatic rings. The molecule has 0 fully saturated rings. The van der Waals surface area contributed by atoms with Crippen molar-refractivity contribution in [3.63, 3.8) is 0 Å². The van der Waals surface area contributed by atoms with E-state index in [0.29, 0.717) is 6.61 Å². The summed E-state index contributed by atoms with van der Waals surface area (Å²) in [5, 5.41) is 8.86. The van der Waals surface area contributed by atoms with Gasteiger partial charge in [0.25, 0.3) is 0 Å². The van der Waals surface area contributed by atoms with Crippen LogP contribution in [0.25, 0.3) is 0 Å². The van der Waals surface area contributed by atoms with Crippen molar-refractivity contribution < 1.29 is 9.84 Å². The molecule has 1 aliphatic rings. The number of ether oxygens (including phenoxy) is 1. The van der Waals surface area contributed by atoms with Gasteiger partial charge in [-0.05, 0) is 17.2 Å². The molecule has 12 heavy (non-hydrogen) atoms. The van der Waals surface area contributed by atoms with Gasteiger partial charge in [0, 0.05) is 18.3 Å². The summed E-state index contributed by atoms with van der Waals surface area (Å²) in [7, 11) is 0. The van der Waals surface area contributed by atoms with E-state index in [1.165, 1.54) is 0 Å². The minimum atomic E-state index is 0.0558. The van der Waals surface area contributed by atoms with Crippen LogP contribution in [-0.2, 0) is 24.4 Å². The number of fused-ring (bicyclic) bond motifs is 1. The third-order valence-electron chi connectivity index (χ3n) is 2.04. The van der Waals surface area contributed by atoms with Crippen molar-refractivity contribution in [2.75, 3.05) is 6.61 Å². The van der Waals surface area contributed by atoms with Gasteiger partial charge in [0.15, 0.2) is 0 Å². The molecule has 1 N–H and O–H groups in total. The Morgan fingerprint density at radius 3 is 3.33 bits per heavy atom. The Labute approximate surface area is 71.0 Å². The molecule has 2 rings (SSSR count). The van der Waals surface area contributed by atoms with E-state index >= 15 is 0 Å². The van der Waals surface area contributed by atoms with Gasteiger partial charge < -0.3 is 9.84 Å². The lowest BCUT2D eigenvalue weighted by molar-refractivity contribution is 0.109.